The second-order valence-electron chi connectivity index (χ2n) is 5.21. The maximum Gasteiger partial charge on any atom is 0.336 e. The minimum atomic E-state index is -1.21. The molecular weight excluding hydrogens is 368 g/mol. The van der Waals surface area contributed by atoms with Crippen LogP contribution in [0.15, 0.2) is 48.5 Å². The number of nitrogens with one attached hydrogen (secondary N) is 2. The van der Waals surface area contributed by atoms with Crippen molar-refractivity contribution in [3.63, 3.8) is 0 Å². The number of carbonyl (C=O) groups excluding carboxylic acids is 2. The summed E-state index contributed by atoms with van der Waals surface area (Å²) in [6.07, 6.45) is 0. The van der Waals surface area contributed by atoms with Crippen LogP contribution in [0.2, 0.25) is 0 Å². The van der Waals surface area contributed by atoms with Crippen molar-refractivity contribution in [1.82, 2.24) is 22.9 Å². The zero-order chi connectivity index (χ0) is 19.1. The Morgan fingerprint density at radius 2 is 0.893 bits per heavy atom. The molecule has 0 aliphatic carbocycles. The fourth-order valence-corrected chi connectivity index (χ4v) is 2.28. The first-order chi connectivity index (χ1) is 12.4. The number of carboxylic acids is 2. The zero-order valence-electron chi connectivity index (χ0n) is 15.6. The SMILES string of the molecule is O=C(O)c1ccccc1C(=O)NCCNC(=O)c1ccccc1C(=O)O.[NH4+].[NH4+]. The van der Waals surface area contributed by atoms with Gasteiger partial charge in [0, 0.05) is 13.1 Å². The highest BCUT2D eigenvalue weighted by Gasteiger charge is 2.17. The van der Waals surface area contributed by atoms with Gasteiger partial charge in [0.05, 0.1) is 22.3 Å². The predicted octanol–water partition coefficient (Wildman–Crippen LogP) is 2.00. The Labute approximate surface area is 160 Å². The number of hydrogen-bond acceptors (Lipinski definition) is 4. The molecule has 0 spiro atoms. The number of carboxylic acid groups (broad SMARTS) is 2. The van der Waals surface area contributed by atoms with Gasteiger partial charge in [0.2, 0.25) is 0 Å². The first-order valence-corrected chi connectivity index (χ1v) is 7.63. The fourth-order valence-electron chi connectivity index (χ4n) is 2.28. The van der Waals surface area contributed by atoms with Crippen molar-refractivity contribution >= 4 is 23.8 Å². The lowest BCUT2D eigenvalue weighted by molar-refractivity contribution is 0.0682. The van der Waals surface area contributed by atoms with Crippen LogP contribution in [0.4, 0.5) is 0 Å². The Bertz CT molecular complexity index is 797. The highest BCUT2D eigenvalue weighted by molar-refractivity contribution is 6.05. The number of hydrogen-bond donors (Lipinski definition) is 6. The van der Waals surface area contributed by atoms with E-state index in [2.05, 4.69) is 10.6 Å². The first kappa shape index (κ1) is 24.2. The molecule has 0 saturated carbocycles. The average molecular weight is 392 g/mol. The number of amides is 2. The van der Waals surface area contributed by atoms with Crippen molar-refractivity contribution in [2.24, 2.45) is 0 Å². The van der Waals surface area contributed by atoms with Crippen molar-refractivity contribution in [1.29, 1.82) is 0 Å². The lowest BCUT2D eigenvalue weighted by Gasteiger charge is -2.10. The van der Waals surface area contributed by atoms with Gasteiger partial charge in [0.1, 0.15) is 0 Å². The summed E-state index contributed by atoms with van der Waals surface area (Å²) < 4.78 is 0. The van der Waals surface area contributed by atoms with Gasteiger partial charge in [-0.05, 0) is 24.3 Å². The van der Waals surface area contributed by atoms with E-state index in [-0.39, 0.29) is 47.6 Å². The summed E-state index contributed by atoms with van der Waals surface area (Å²) in [5, 5.41) is 23.2. The third-order valence-electron chi connectivity index (χ3n) is 3.50. The van der Waals surface area contributed by atoms with Crippen molar-refractivity contribution < 1.29 is 29.4 Å². The molecule has 0 heterocycles. The normalized spacial score (nSPS) is 9.29. The molecule has 10 heteroatoms. The van der Waals surface area contributed by atoms with Gasteiger partial charge in [-0.2, -0.15) is 0 Å². The summed E-state index contributed by atoms with van der Waals surface area (Å²) in [4.78, 5) is 46.3. The lowest BCUT2D eigenvalue weighted by atomic mass is 10.1. The molecule has 0 radical (unpaired) electrons. The van der Waals surface area contributed by atoms with Gasteiger partial charge in [0.15, 0.2) is 0 Å². The van der Waals surface area contributed by atoms with E-state index in [4.69, 9.17) is 10.2 Å². The van der Waals surface area contributed by atoms with Crippen LogP contribution in [0.5, 0.6) is 0 Å². The Hall–Kier alpha value is -3.76. The summed E-state index contributed by atoms with van der Waals surface area (Å²) in [7, 11) is 0. The average Bonchev–Trinajstić information content (AvgIpc) is 2.64. The number of carbonyl (C=O) groups is 4. The summed E-state index contributed by atoms with van der Waals surface area (Å²) in [5.74, 6) is -3.59. The molecule has 28 heavy (non-hydrogen) atoms. The van der Waals surface area contributed by atoms with E-state index < -0.39 is 23.8 Å². The van der Waals surface area contributed by atoms with Crippen molar-refractivity contribution in [2.45, 2.75) is 0 Å². The van der Waals surface area contributed by atoms with E-state index in [9.17, 15) is 19.2 Å². The van der Waals surface area contributed by atoms with Crippen LogP contribution in [0.25, 0.3) is 0 Å². The van der Waals surface area contributed by atoms with E-state index >= 15 is 0 Å². The minimum Gasteiger partial charge on any atom is -0.478 e. The second kappa shape index (κ2) is 11.1. The molecule has 2 aromatic carbocycles. The highest BCUT2D eigenvalue weighted by Crippen LogP contribution is 2.09. The molecule has 0 unspecified atom stereocenters. The van der Waals surface area contributed by atoms with Crippen LogP contribution < -0.4 is 22.9 Å². The van der Waals surface area contributed by atoms with Crippen LogP contribution >= 0.6 is 0 Å². The molecular formula is C18H24N4O6+2. The number of quaternary nitrogens is 2. The molecule has 150 valence electrons. The summed E-state index contributed by atoms with van der Waals surface area (Å²) in [6.45, 7) is 0.0987. The minimum absolute atomic E-state index is 0. The molecule has 12 N–H and O–H groups in total. The Balaban J connectivity index is 0.00000364. The fraction of sp³-hybridized carbons (Fsp3) is 0.111. The molecule has 0 fully saturated rings. The van der Waals surface area contributed by atoms with Gasteiger partial charge < -0.3 is 33.1 Å². The van der Waals surface area contributed by atoms with Gasteiger partial charge in [-0.3, -0.25) is 9.59 Å². The van der Waals surface area contributed by atoms with Crippen LogP contribution in [0.1, 0.15) is 41.4 Å². The quantitative estimate of drug-likeness (QED) is 0.388. The lowest BCUT2D eigenvalue weighted by Crippen LogP contribution is -2.35. The highest BCUT2D eigenvalue weighted by atomic mass is 16.4. The van der Waals surface area contributed by atoms with Crippen LogP contribution in [0.3, 0.4) is 0 Å². The van der Waals surface area contributed by atoms with Crippen LogP contribution in [-0.2, 0) is 0 Å². The van der Waals surface area contributed by atoms with E-state index in [0.29, 0.717) is 0 Å². The van der Waals surface area contributed by atoms with E-state index in [1.54, 1.807) is 12.1 Å². The number of benzene rings is 2. The third kappa shape index (κ3) is 5.90. The third-order valence-corrected chi connectivity index (χ3v) is 3.50. The van der Waals surface area contributed by atoms with Crippen LogP contribution in [-0.4, -0.2) is 47.1 Å². The molecule has 2 amide bonds. The number of aromatic carboxylic acids is 2. The van der Waals surface area contributed by atoms with E-state index in [1.807, 2.05) is 0 Å². The van der Waals surface area contributed by atoms with Crippen molar-refractivity contribution in [3.05, 3.63) is 70.8 Å². The maximum atomic E-state index is 12.1. The van der Waals surface area contributed by atoms with Crippen molar-refractivity contribution in [2.75, 3.05) is 13.1 Å². The monoisotopic (exact) mass is 392 g/mol. The van der Waals surface area contributed by atoms with Gasteiger partial charge >= 0.3 is 11.9 Å². The molecule has 0 aliphatic rings. The molecule has 0 aliphatic heterocycles. The summed E-state index contributed by atoms with van der Waals surface area (Å²) in [6, 6.07) is 11.5. The molecule has 0 atom stereocenters. The second-order valence-corrected chi connectivity index (χ2v) is 5.21. The standard InChI is InChI=1S/C18H16N2O6.2H3N/c21-15(11-5-1-3-7-13(11)17(23)24)19-9-10-20-16(22)12-6-2-4-8-14(12)18(25)26;;/h1-8H,9-10H2,(H,19,21)(H,20,22)(H,23,24)(H,25,26);2*1H3/p+2. The Morgan fingerprint density at radius 1 is 0.607 bits per heavy atom. The Kier molecular flexibility index (Phi) is 9.57. The van der Waals surface area contributed by atoms with E-state index in [1.165, 1.54) is 36.4 Å². The van der Waals surface area contributed by atoms with Gasteiger partial charge in [-0.25, -0.2) is 9.59 Å². The maximum absolute atomic E-state index is 12.1. The molecule has 0 aromatic heterocycles. The summed E-state index contributed by atoms with van der Waals surface area (Å²) >= 11 is 0. The van der Waals surface area contributed by atoms with E-state index in [0.717, 1.165) is 0 Å². The molecule has 2 rings (SSSR count). The molecule has 10 nitrogen and oxygen atoms in total. The smallest absolute Gasteiger partial charge is 0.336 e. The van der Waals surface area contributed by atoms with Gasteiger partial charge in [0.25, 0.3) is 11.8 Å². The van der Waals surface area contributed by atoms with Gasteiger partial charge in [-0.15, -0.1) is 0 Å². The number of rotatable bonds is 7. The summed E-state index contributed by atoms with van der Waals surface area (Å²) in [5.41, 5.74) is -0.209. The largest absolute Gasteiger partial charge is 0.478 e. The van der Waals surface area contributed by atoms with Gasteiger partial charge in [-0.1, -0.05) is 24.3 Å². The van der Waals surface area contributed by atoms with Crippen molar-refractivity contribution in [3.8, 4) is 0 Å². The first-order valence-electron chi connectivity index (χ1n) is 7.63. The van der Waals surface area contributed by atoms with Crippen LogP contribution in [0, 0.1) is 0 Å². The Morgan fingerprint density at radius 3 is 1.18 bits per heavy atom. The molecule has 0 saturated heterocycles. The molecule has 0 bridgehead atoms. The molecule has 2 aromatic rings. The topological polar surface area (TPSA) is 206 Å². The predicted molar refractivity (Wildman–Crippen MR) is 103 cm³/mol. The zero-order valence-corrected chi connectivity index (χ0v) is 15.6.